The number of nitrogens with one attached hydrogen (secondary N) is 1. The van der Waals surface area contributed by atoms with Crippen LogP contribution in [0.15, 0.2) is 48.7 Å². The maximum Gasteiger partial charge on any atom is 0.230 e. The number of carbonyl (C=O) groups excluding carboxylic acids is 1. The molecule has 0 saturated heterocycles. The molecule has 110 valence electrons. The molecule has 1 aromatic heterocycles. The molecule has 1 heterocycles. The number of nitrogens with two attached hydrogens (primary N) is 1. The fraction of sp³-hybridized carbons (Fsp3) is 0.294. The highest BCUT2D eigenvalue weighted by Gasteiger charge is 2.30. The summed E-state index contributed by atoms with van der Waals surface area (Å²) in [6.07, 6.45) is 1.73. The fourth-order valence-electron chi connectivity index (χ4n) is 2.11. The van der Waals surface area contributed by atoms with E-state index in [-0.39, 0.29) is 11.9 Å². The van der Waals surface area contributed by atoms with Crippen LogP contribution in [-0.4, -0.2) is 10.9 Å². The number of pyridine rings is 1. The Morgan fingerprint density at radius 1 is 1.19 bits per heavy atom. The average molecular weight is 283 g/mol. The van der Waals surface area contributed by atoms with Gasteiger partial charge in [-0.1, -0.05) is 18.2 Å². The van der Waals surface area contributed by atoms with Gasteiger partial charge in [0.1, 0.15) is 0 Å². The molecule has 0 aliphatic rings. The molecule has 2 aromatic rings. The predicted octanol–water partition coefficient (Wildman–Crippen LogP) is 2.82. The van der Waals surface area contributed by atoms with Gasteiger partial charge >= 0.3 is 0 Å². The third-order valence-electron chi connectivity index (χ3n) is 3.68. The molecular formula is C17H21N3O. The van der Waals surface area contributed by atoms with E-state index in [0.29, 0.717) is 5.69 Å². The minimum Gasteiger partial charge on any atom is -0.399 e. The first-order valence-corrected chi connectivity index (χ1v) is 6.99. The molecule has 0 saturated carbocycles. The number of hydrogen-bond acceptors (Lipinski definition) is 3. The van der Waals surface area contributed by atoms with Crippen molar-refractivity contribution in [3.63, 3.8) is 0 Å². The van der Waals surface area contributed by atoms with Crippen molar-refractivity contribution in [1.82, 2.24) is 10.3 Å². The van der Waals surface area contributed by atoms with Crippen molar-refractivity contribution >= 4 is 11.6 Å². The Morgan fingerprint density at radius 3 is 2.43 bits per heavy atom. The van der Waals surface area contributed by atoms with Crippen LogP contribution in [0.1, 0.15) is 38.1 Å². The molecule has 0 unspecified atom stereocenters. The van der Waals surface area contributed by atoms with Gasteiger partial charge in [0.2, 0.25) is 5.91 Å². The Morgan fingerprint density at radius 2 is 1.86 bits per heavy atom. The third-order valence-corrected chi connectivity index (χ3v) is 3.68. The van der Waals surface area contributed by atoms with Crippen LogP contribution in [0.5, 0.6) is 0 Å². The van der Waals surface area contributed by atoms with E-state index in [2.05, 4.69) is 10.3 Å². The van der Waals surface area contributed by atoms with Gasteiger partial charge in [0.25, 0.3) is 0 Å². The summed E-state index contributed by atoms with van der Waals surface area (Å²) >= 11 is 0. The van der Waals surface area contributed by atoms with Gasteiger partial charge in [0.15, 0.2) is 0 Å². The van der Waals surface area contributed by atoms with Crippen LogP contribution in [-0.2, 0) is 10.2 Å². The zero-order valence-corrected chi connectivity index (χ0v) is 12.6. The van der Waals surface area contributed by atoms with Gasteiger partial charge in [-0.05, 0) is 50.6 Å². The van der Waals surface area contributed by atoms with Crippen molar-refractivity contribution in [2.75, 3.05) is 5.73 Å². The minimum absolute atomic E-state index is 0.0366. The number of carbonyl (C=O) groups is 1. The van der Waals surface area contributed by atoms with E-state index < -0.39 is 5.41 Å². The van der Waals surface area contributed by atoms with E-state index in [9.17, 15) is 4.79 Å². The lowest BCUT2D eigenvalue weighted by atomic mass is 9.83. The summed E-state index contributed by atoms with van der Waals surface area (Å²) in [7, 11) is 0. The fourth-order valence-corrected chi connectivity index (χ4v) is 2.11. The van der Waals surface area contributed by atoms with Gasteiger partial charge in [0, 0.05) is 11.9 Å². The Bertz CT molecular complexity index is 606. The van der Waals surface area contributed by atoms with Crippen molar-refractivity contribution in [1.29, 1.82) is 0 Å². The number of rotatable bonds is 4. The van der Waals surface area contributed by atoms with E-state index >= 15 is 0 Å². The van der Waals surface area contributed by atoms with Gasteiger partial charge < -0.3 is 11.1 Å². The second-order valence-corrected chi connectivity index (χ2v) is 5.70. The molecule has 3 N–H and O–H groups in total. The Kier molecular flexibility index (Phi) is 4.26. The molecule has 4 nitrogen and oxygen atoms in total. The lowest BCUT2D eigenvalue weighted by Gasteiger charge is -2.26. The van der Waals surface area contributed by atoms with Crippen LogP contribution in [0.2, 0.25) is 0 Å². The van der Waals surface area contributed by atoms with Crippen LogP contribution < -0.4 is 11.1 Å². The lowest BCUT2D eigenvalue weighted by molar-refractivity contribution is -0.126. The third kappa shape index (κ3) is 3.40. The second kappa shape index (κ2) is 5.95. The SMILES string of the molecule is C[C@H](NC(=O)C(C)(C)c1ccc(N)cc1)c1ccccn1. The summed E-state index contributed by atoms with van der Waals surface area (Å²) in [6, 6.07) is 12.9. The van der Waals surface area contributed by atoms with Crippen molar-refractivity contribution in [2.45, 2.75) is 32.2 Å². The normalized spacial score (nSPS) is 12.7. The maximum absolute atomic E-state index is 12.6. The zero-order valence-electron chi connectivity index (χ0n) is 12.6. The topological polar surface area (TPSA) is 68.0 Å². The number of nitrogens with zero attached hydrogens (tertiary/aromatic N) is 1. The average Bonchev–Trinajstić information content (AvgIpc) is 2.48. The van der Waals surface area contributed by atoms with Gasteiger partial charge in [0.05, 0.1) is 17.2 Å². The maximum atomic E-state index is 12.6. The summed E-state index contributed by atoms with van der Waals surface area (Å²) in [5, 5.41) is 3.02. The molecule has 1 atom stereocenters. The number of anilines is 1. The van der Waals surface area contributed by atoms with Crippen LogP contribution >= 0.6 is 0 Å². The van der Waals surface area contributed by atoms with Gasteiger partial charge in [-0.2, -0.15) is 0 Å². The molecule has 2 rings (SSSR count). The summed E-state index contributed by atoms with van der Waals surface area (Å²) < 4.78 is 0. The smallest absolute Gasteiger partial charge is 0.230 e. The van der Waals surface area contributed by atoms with Crippen molar-refractivity contribution in [3.05, 3.63) is 59.9 Å². The van der Waals surface area contributed by atoms with Crippen molar-refractivity contribution < 1.29 is 4.79 Å². The quantitative estimate of drug-likeness (QED) is 0.848. The van der Waals surface area contributed by atoms with Crippen molar-refractivity contribution in [3.8, 4) is 0 Å². The Balaban J connectivity index is 2.13. The Hall–Kier alpha value is -2.36. The number of benzene rings is 1. The second-order valence-electron chi connectivity index (χ2n) is 5.70. The summed E-state index contributed by atoms with van der Waals surface area (Å²) in [5.74, 6) is -0.0366. The van der Waals surface area contributed by atoms with Gasteiger partial charge in [-0.15, -0.1) is 0 Å². The molecule has 0 radical (unpaired) electrons. The first-order chi connectivity index (χ1) is 9.91. The molecule has 0 aliphatic heterocycles. The molecule has 1 amide bonds. The highest BCUT2D eigenvalue weighted by Crippen LogP contribution is 2.25. The monoisotopic (exact) mass is 283 g/mol. The number of nitrogen functional groups attached to an aromatic ring is 1. The van der Waals surface area contributed by atoms with E-state index in [1.807, 2.05) is 63.2 Å². The van der Waals surface area contributed by atoms with Crippen LogP contribution in [0.3, 0.4) is 0 Å². The summed E-state index contributed by atoms with van der Waals surface area (Å²) in [6.45, 7) is 5.73. The van der Waals surface area contributed by atoms with Crippen molar-refractivity contribution in [2.24, 2.45) is 0 Å². The van der Waals surface area contributed by atoms with E-state index in [1.54, 1.807) is 6.20 Å². The molecule has 0 fully saturated rings. The van der Waals surface area contributed by atoms with Crippen LogP contribution in [0.25, 0.3) is 0 Å². The van der Waals surface area contributed by atoms with E-state index in [4.69, 9.17) is 5.73 Å². The van der Waals surface area contributed by atoms with Gasteiger partial charge in [-0.3, -0.25) is 9.78 Å². The van der Waals surface area contributed by atoms with Crippen LogP contribution in [0, 0.1) is 0 Å². The standard InChI is InChI=1S/C17H21N3O/c1-12(15-6-4-5-11-19-15)20-16(21)17(2,3)13-7-9-14(18)10-8-13/h4-12H,18H2,1-3H3,(H,20,21)/t12-/m0/s1. The molecule has 21 heavy (non-hydrogen) atoms. The summed E-state index contributed by atoms with van der Waals surface area (Å²) in [4.78, 5) is 16.8. The van der Waals surface area contributed by atoms with Crippen LogP contribution in [0.4, 0.5) is 5.69 Å². The molecule has 0 aliphatic carbocycles. The molecule has 1 aromatic carbocycles. The number of amides is 1. The van der Waals surface area contributed by atoms with E-state index in [1.165, 1.54) is 0 Å². The van der Waals surface area contributed by atoms with E-state index in [0.717, 1.165) is 11.3 Å². The zero-order chi connectivity index (χ0) is 15.5. The number of hydrogen-bond donors (Lipinski definition) is 2. The Labute approximate surface area is 125 Å². The first-order valence-electron chi connectivity index (χ1n) is 6.99. The summed E-state index contributed by atoms with van der Waals surface area (Å²) in [5.41, 5.74) is 7.54. The molecular weight excluding hydrogens is 262 g/mol. The largest absolute Gasteiger partial charge is 0.399 e. The van der Waals surface area contributed by atoms with Gasteiger partial charge in [-0.25, -0.2) is 0 Å². The highest BCUT2D eigenvalue weighted by atomic mass is 16.2. The molecule has 0 bridgehead atoms. The predicted molar refractivity (Wildman–Crippen MR) is 84.7 cm³/mol. The highest BCUT2D eigenvalue weighted by molar-refractivity contribution is 5.87. The number of aromatic nitrogens is 1. The first kappa shape index (κ1) is 15.0. The molecule has 0 spiro atoms. The minimum atomic E-state index is -0.628. The lowest BCUT2D eigenvalue weighted by Crippen LogP contribution is -2.41. The molecule has 4 heteroatoms.